The zero-order valence-corrected chi connectivity index (χ0v) is 19.7. The third-order valence-corrected chi connectivity index (χ3v) is 7.18. The van der Waals surface area contributed by atoms with E-state index in [-0.39, 0.29) is 5.54 Å². The summed E-state index contributed by atoms with van der Waals surface area (Å²) >= 11 is 2.08. The molecule has 1 aliphatic heterocycles. The average Bonchev–Trinajstić information content (AvgIpc) is 3.26. The number of hydrogen-bond donors (Lipinski definition) is 2. The first-order chi connectivity index (χ1) is 14.7. The molecule has 168 valence electrons. The predicted octanol–water partition coefficient (Wildman–Crippen LogP) is 3.05. The first-order valence-electron chi connectivity index (χ1n) is 11.2. The quantitative estimate of drug-likeness (QED) is 0.354. The Hall–Kier alpha value is -1.44. The summed E-state index contributed by atoms with van der Waals surface area (Å²) in [6.45, 7) is 7.28. The Bertz CT molecular complexity index is 686. The first-order valence-corrected chi connectivity index (χ1v) is 12.3. The Kier molecular flexibility index (Phi) is 9.15. The maximum absolute atomic E-state index is 5.93. The number of aliphatic imine (C=N–C) groups is 1. The highest BCUT2D eigenvalue weighted by Gasteiger charge is 2.39. The summed E-state index contributed by atoms with van der Waals surface area (Å²) in [7, 11) is 3.54. The maximum atomic E-state index is 5.93. The van der Waals surface area contributed by atoms with Crippen molar-refractivity contribution in [1.82, 2.24) is 15.5 Å². The van der Waals surface area contributed by atoms with Gasteiger partial charge in [0.15, 0.2) is 5.96 Å². The van der Waals surface area contributed by atoms with E-state index in [2.05, 4.69) is 57.4 Å². The lowest BCUT2D eigenvalue weighted by Gasteiger charge is -2.43. The summed E-state index contributed by atoms with van der Waals surface area (Å²) in [6, 6.07) is 6.34. The lowest BCUT2D eigenvalue weighted by atomic mass is 9.94. The lowest BCUT2D eigenvalue weighted by Crippen LogP contribution is -2.57. The van der Waals surface area contributed by atoms with Gasteiger partial charge in [0, 0.05) is 62.9 Å². The number of rotatable bonds is 9. The lowest BCUT2D eigenvalue weighted by molar-refractivity contribution is 0.107. The molecule has 2 aliphatic rings. The summed E-state index contributed by atoms with van der Waals surface area (Å²) in [6.07, 6.45) is 5.25. The van der Waals surface area contributed by atoms with Crippen LogP contribution in [0.3, 0.4) is 0 Å². The van der Waals surface area contributed by atoms with Crippen LogP contribution >= 0.6 is 11.8 Å². The second-order valence-corrected chi connectivity index (χ2v) is 9.49. The summed E-state index contributed by atoms with van der Waals surface area (Å²) in [5.41, 5.74) is 2.61. The first kappa shape index (κ1) is 23.2. The van der Waals surface area contributed by atoms with Gasteiger partial charge in [0.2, 0.25) is 0 Å². The molecule has 0 aromatic heterocycles. The van der Waals surface area contributed by atoms with Gasteiger partial charge in [-0.05, 0) is 31.4 Å². The van der Waals surface area contributed by atoms with Gasteiger partial charge in [-0.1, -0.05) is 25.0 Å². The Morgan fingerprint density at radius 2 is 1.93 bits per heavy atom. The Morgan fingerprint density at radius 1 is 1.17 bits per heavy atom. The number of thioether (sulfide) groups is 1. The van der Waals surface area contributed by atoms with Crippen molar-refractivity contribution in [3.63, 3.8) is 0 Å². The molecule has 2 N–H and O–H groups in total. The largest absolute Gasteiger partial charge is 0.491 e. The molecule has 1 saturated heterocycles. The molecule has 30 heavy (non-hydrogen) atoms. The highest BCUT2D eigenvalue weighted by Crippen LogP contribution is 2.36. The van der Waals surface area contributed by atoms with Crippen LogP contribution in [0.15, 0.2) is 23.2 Å². The van der Waals surface area contributed by atoms with Crippen LogP contribution in [0.2, 0.25) is 0 Å². The van der Waals surface area contributed by atoms with E-state index in [4.69, 9.17) is 9.47 Å². The van der Waals surface area contributed by atoms with Gasteiger partial charge in [0.1, 0.15) is 12.4 Å². The van der Waals surface area contributed by atoms with E-state index in [0.29, 0.717) is 19.8 Å². The Morgan fingerprint density at radius 3 is 2.63 bits per heavy atom. The molecule has 7 heteroatoms. The van der Waals surface area contributed by atoms with E-state index in [0.717, 1.165) is 23.8 Å². The van der Waals surface area contributed by atoms with Crippen LogP contribution in [0.25, 0.3) is 0 Å². The summed E-state index contributed by atoms with van der Waals surface area (Å²) < 4.78 is 11.0. The molecule has 1 aromatic rings. The fraction of sp³-hybridized carbons (Fsp3) is 0.696. The van der Waals surface area contributed by atoms with Crippen molar-refractivity contribution < 1.29 is 9.47 Å². The summed E-state index contributed by atoms with van der Waals surface area (Å²) in [4.78, 5) is 7.21. The smallest absolute Gasteiger partial charge is 0.191 e. The molecule has 1 aliphatic carbocycles. The van der Waals surface area contributed by atoms with Gasteiger partial charge in [0.05, 0.1) is 6.61 Å². The van der Waals surface area contributed by atoms with Gasteiger partial charge in [0.25, 0.3) is 0 Å². The highest BCUT2D eigenvalue weighted by molar-refractivity contribution is 7.99. The minimum absolute atomic E-state index is 0.289. The van der Waals surface area contributed by atoms with Gasteiger partial charge in [-0.2, -0.15) is 11.8 Å². The molecule has 1 saturated carbocycles. The van der Waals surface area contributed by atoms with Crippen molar-refractivity contribution in [3.8, 4) is 5.75 Å². The molecule has 6 nitrogen and oxygen atoms in total. The predicted molar refractivity (Wildman–Crippen MR) is 127 cm³/mol. The number of benzene rings is 1. The number of aryl methyl sites for hydroxylation is 1. The molecule has 1 aromatic carbocycles. The van der Waals surface area contributed by atoms with Crippen molar-refractivity contribution in [2.45, 2.75) is 44.7 Å². The van der Waals surface area contributed by atoms with Crippen LogP contribution in [-0.4, -0.2) is 74.9 Å². The molecule has 3 rings (SSSR count). The molecule has 0 unspecified atom stereocenters. The van der Waals surface area contributed by atoms with Crippen LogP contribution < -0.4 is 15.4 Å². The SMILES string of the molecule is CN=C(NCc1ccc(C)cc1OCCOC)NCC1(N2CCSCC2)CCCC1. The molecular weight excluding hydrogens is 396 g/mol. The number of guanidine groups is 1. The fourth-order valence-corrected chi connectivity index (χ4v) is 5.40. The Labute approximate surface area is 186 Å². The summed E-state index contributed by atoms with van der Waals surface area (Å²) in [5, 5.41) is 7.12. The van der Waals surface area contributed by atoms with Crippen molar-refractivity contribution in [1.29, 1.82) is 0 Å². The van der Waals surface area contributed by atoms with E-state index < -0.39 is 0 Å². The van der Waals surface area contributed by atoms with Crippen molar-refractivity contribution in [2.75, 3.05) is 58.5 Å². The van der Waals surface area contributed by atoms with E-state index in [1.807, 2.05) is 7.05 Å². The maximum Gasteiger partial charge on any atom is 0.191 e. The van der Waals surface area contributed by atoms with Crippen LogP contribution in [0, 0.1) is 6.92 Å². The van der Waals surface area contributed by atoms with Gasteiger partial charge < -0.3 is 20.1 Å². The molecule has 0 bridgehead atoms. The number of nitrogens with one attached hydrogen (secondary N) is 2. The minimum atomic E-state index is 0.289. The monoisotopic (exact) mass is 434 g/mol. The van der Waals surface area contributed by atoms with Crippen LogP contribution in [0.5, 0.6) is 5.75 Å². The number of ether oxygens (including phenoxy) is 2. The Balaban J connectivity index is 1.57. The molecular formula is C23H38N4O2S. The zero-order chi connectivity index (χ0) is 21.2. The molecule has 2 fully saturated rings. The third-order valence-electron chi connectivity index (χ3n) is 6.24. The summed E-state index contributed by atoms with van der Waals surface area (Å²) in [5.74, 6) is 4.28. The van der Waals surface area contributed by atoms with Gasteiger partial charge in [-0.25, -0.2) is 0 Å². The van der Waals surface area contributed by atoms with Gasteiger partial charge in [-0.3, -0.25) is 9.89 Å². The standard InChI is InChI=1S/C23H38N4O2S/c1-19-6-7-20(21(16-19)29-13-12-28-3)17-25-22(24-2)26-18-23(8-4-5-9-23)27-10-14-30-15-11-27/h6-7,16H,4-5,8-15,17-18H2,1-3H3,(H2,24,25,26). The van der Waals surface area contributed by atoms with E-state index >= 15 is 0 Å². The van der Waals surface area contributed by atoms with Crippen LogP contribution in [-0.2, 0) is 11.3 Å². The third kappa shape index (κ3) is 6.28. The number of hydrogen-bond acceptors (Lipinski definition) is 5. The zero-order valence-electron chi connectivity index (χ0n) is 18.8. The molecule has 0 atom stereocenters. The molecule has 0 spiro atoms. The number of nitrogens with zero attached hydrogens (tertiary/aromatic N) is 2. The second-order valence-electron chi connectivity index (χ2n) is 8.26. The van der Waals surface area contributed by atoms with E-state index in [9.17, 15) is 0 Å². The van der Waals surface area contributed by atoms with Crippen LogP contribution in [0.4, 0.5) is 0 Å². The van der Waals surface area contributed by atoms with Crippen molar-refractivity contribution >= 4 is 17.7 Å². The number of methoxy groups -OCH3 is 1. The van der Waals surface area contributed by atoms with E-state index in [1.165, 1.54) is 55.8 Å². The molecule has 1 heterocycles. The van der Waals surface area contributed by atoms with Crippen molar-refractivity contribution in [3.05, 3.63) is 29.3 Å². The molecule has 0 amide bonds. The minimum Gasteiger partial charge on any atom is -0.491 e. The fourth-order valence-electron chi connectivity index (χ4n) is 4.50. The van der Waals surface area contributed by atoms with Crippen LogP contribution in [0.1, 0.15) is 36.8 Å². The van der Waals surface area contributed by atoms with E-state index in [1.54, 1.807) is 7.11 Å². The normalized spacial score (nSPS) is 19.6. The van der Waals surface area contributed by atoms with Crippen molar-refractivity contribution in [2.24, 2.45) is 4.99 Å². The highest BCUT2D eigenvalue weighted by atomic mass is 32.2. The topological polar surface area (TPSA) is 58.1 Å². The van der Waals surface area contributed by atoms with Gasteiger partial charge in [-0.15, -0.1) is 0 Å². The molecule has 0 radical (unpaired) electrons. The second kappa shape index (κ2) is 11.8. The van der Waals surface area contributed by atoms with Gasteiger partial charge >= 0.3 is 0 Å². The average molecular weight is 435 g/mol.